The lowest BCUT2D eigenvalue weighted by Gasteiger charge is -1.95. The van der Waals surface area contributed by atoms with Gasteiger partial charge in [-0.1, -0.05) is 13.0 Å². The minimum Gasteiger partial charge on any atom is -0.402 e. The van der Waals surface area contributed by atoms with Gasteiger partial charge >= 0.3 is 0 Å². The SMILES string of the molecule is CC/C(N)=C/CCCCO.N. The van der Waals surface area contributed by atoms with Crippen molar-refractivity contribution in [3.05, 3.63) is 11.8 Å². The summed E-state index contributed by atoms with van der Waals surface area (Å²) in [4.78, 5) is 0. The molecule has 3 nitrogen and oxygen atoms in total. The van der Waals surface area contributed by atoms with E-state index in [4.69, 9.17) is 10.8 Å². The van der Waals surface area contributed by atoms with Crippen molar-refractivity contribution in [2.75, 3.05) is 6.61 Å². The predicted molar refractivity (Wildman–Crippen MR) is 48.5 cm³/mol. The van der Waals surface area contributed by atoms with Crippen LogP contribution < -0.4 is 11.9 Å². The smallest absolute Gasteiger partial charge is 0.0431 e. The van der Waals surface area contributed by atoms with Gasteiger partial charge in [-0.05, 0) is 25.7 Å². The minimum absolute atomic E-state index is 0. The molecule has 0 unspecified atom stereocenters. The number of aliphatic hydroxyl groups excluding tert-OH is 1. The normalized spacial score (nSPS) is 10.9. The summed E-state index contributed by atoms with van der Waals surface area (Å²) in [5.41, 5.74) is 6.51. The first-order valence-electron chi connectivity index (χ1n) is 3.86. The van der Waals surface area contributed by atoms with Crippen LogP contribution in [0.4, 0.5) is 0 Å². The molecule has 0 aromatic carbocycles. The van der Waals surface area contributed by atoms with Crippen molar-refractivity contribution in [2.24, 2.45) is 5.73 Å². The van der Waals surface area contributed by atoms with Gasteiger partial charge in [0.1, 0.15) is 0 Å². The highest BCUT2D eigenvalue weighted by atomic mass is 16.2. The zero-order valence-electron chi connectivity index (χ0n) is 7.34. The van der Waals surface area contributed by atoms with E-state index < -0.39 is 0 Å². The van der Waals surface area contributed by atoms with Gasteiger partial charge in [0.2, 0.25) is 0 Å². The molecule has 0 aliphatic heterocycles. The Kier molecular flexibility index (Phi) is 11.2. The Morgan fingerprint density at radius 3 is 2.55 bits per heavy atom. The van der Waals surface area contributed by atoms with Crippen molar-refractivity contribution in [1.82, 2.24) is 6.15 Å². The lowest BCUT2D eigenvalue weighted by Crippen LogP contribution is -1.94. The van der Waals surface area contributed by atoms with Crippen molar-refractivity contribution in [3.63, 3.8) is 0 Å². The number of hydrogen-bond acceptors (Lipinski definition) is 3. The van der Waals surface area contributed by atoms with E-state index >= 15 is 0 Å². The van der Waals surface area contributed by atoms with Crippen molar-refractivity contribution in [1.29, 1.82) is 0 Å². The summed E-state index contributed by atoms with van der Waals surface area (Å²) in [6.07, 6.45) is 5.89. The molecule has 0 rings (SSSR count). The molecule has 0 saturated heterocycles. The second kappa shape index (κ2) is 9.46. The molecule has 0 aliphatic carbocycles. The summed E-state index contributed by atoms with van der Waals surface area (Å²) < 4.78 is 0. The number of nitrogens with two attached hydrogens (primary N) is 1. The summed E-state index contributed by atoms with van der Waals surface area (Å²) in [6.45, 7) is 2.33. The van der Waals surface area contributed by atoms with Crippen LogP contribution in [0.5, 0.6) is 0 Å². The van der Waals surface area contributed by atoms with Crippen molar-refractivity contribution < 1.29 is 5.11 Å². The predicted octanol–water partition coefficient (Wildman–Crippen LogP) is 1.56. The van der Waals surface area contributed by atoms with Crippen molar-refractivity contribution in [3.8, 4) is 0 Å². The number of unbranched alkanes of at least 4 members (excludes halogenated alkanes) is 2. The van der Waals surface area contributed by atoms with Crippen LogP contribution >= 0.6 is 0 Å². The van der Waals surface area contributed by atoms with Gasteiger partial charge in [-0.25, -0.2) is 0 Å². The molecule has 0 amide bonds. The van der Waals surface area contributed by atoms with Gasteiger partial charge in [-0.2, -0.15) is 0 Å². The van der Waals surface area contributed by atoms with E-state index in [0.717, 1.165) is 31.4 Å². The molecule has 0 spiro atoms. The Morgan fingerprint density at radius 1 is 1.45 bits per heavy atom. The molecule has 0 radical (unpaired) electrons. The largest absolute Gasteiger partial charge is 0.402 e. The van der Waals surface area contributed by atoms with Gasteiger partial charge in [0.05, 0.1) is 0 Å². The zero-order valence-corrected chi connectivity index (χ0v) is 7.34. The molecule has 0 atom stereocenters. The lowest BCUT2D eigenvalue weighted by atomic mass is 10.2. The Labute approximate surface area is 68.9 Å². The molecule has 6 N–H and O–H groups in total. The maximum atomic E-state index is 8.44. The van der Waals surface area contributed by atoms with Crippen LogP contribution in [-0.4, -0.2) is 11.7 Å². The summed E-state index contributed by atoms with van der Waals surface area (Å²) >= 11 is 0. The quantitative estimate of drug-likeness (QED) is 0.534. The summed E-state index contributed by atoms with van der Waals surface area (Å²) in [6, 6.07) is 0. The summed E-state index contributed by atoms with van der Waals surface area (Å²) in [7, 11) is 0. The van der Waals surface area contributed by atoms with Crippen LogP contribution in [0.25, 0.3) is 0 Å². The van der Waals surface area contributed by atoms with Crippen LogP contribution in [0.2, 0.25) is 0 Å². The standard InChI is InChI=1S/C8H17NO.H3N/c1-2-8(9)6-4-3-5-7-10;/h6,10H,2-5,7,9H2,1H3;1H3/b8-6-;. The molecule has 0 aromatic heterocycles. The van der Waals surface area contributed by atoms with E-state index in [-0.39, 0.29) is 6.15 Å². The van der Waals surface area contributed by atoms with E-state index in [1.54, 1.807) is 0 Å². The third kappa shape index (κ3) is 9.46. The van der Waals surface area contributed by atoms with E-state index in [0.29, 0.717) is 6.61 Å². The number of hydrogen-bond donors (Lipinski definition) is 3. The van der Waals surface area contributed by atoms with Crippen LogP contribution in [0.15, 0.2) is 11.8 Å². The van der Waals surface area contributed by atoms with Gasteiger partial charge < -0.3 is 17.0 Å². The van der Waals surface area contributed by atoms with Crippen LogP contribution in [-0.2, 0) is 0 Å². The van der Waals surface area contributed by atoms with Gasteiger partial charge in [-0.3, -0.25) is 0 Å². The number of allylic oxidation sites excluding steroid dienone is 2. The highest BCUT2D eigenvalue weighted by molar-refractivity contribution is 4.94. The van der Waals surface area contributed by atoms with E-state index in [1.807, 2.05) is 13.0 Å². The Hall–Kier alpha value is -0.540. The van der Waals surface area contributed by atoms with Crippen molar-refractivity contribution in [2.45, 2.75) is 32.6 Å². The Bertz CT molecular complexity index is 102. The number of aliphatic hydroxyl groups is 1. The minimum atomic E-state index is 0. The Balaban J connectivity index is 0. The highest BCUT2D eigenvalue weighted by Crippen LogP contribution is 1.99. The molecule has 68 valence electrons. The average Bonchev–Trinajstić information content (AvgIpc) is 1.98. The molecule has 11 heavy (non-hydrogen) atoms. The molecule has 0 aliphatic rings. The third-order valence-electron chi connectivity index (χ3n) is 1.43. The molecule has 0 fully saturated rings. The van der Waals surface area contributed by atoms with Crippen molar-refractivity contribution >= 4 is 0 Å². The third-order valence-corrected chi connectivity index (χ3v) is 1.43. The van der Waals surface area contributed by atoms with E-state index in [9.17, 15) is 0 Å². The summed E-state index contributed by atoms with van der Waals surface area (Å²) in [5.74, 6) is 0. The van der Waals surface area contributed by atoms with E-state index in [2.05, 4.69) is 0 Å². The fourth-order valence-electron chi connectivity index (χ4n) is 0.688. The maximum absolute atomic E-state index is 8.44. The first-order valence-corrected chi connectivity index (χ1v) is 3.86. The van der Waals surface area contributed by atoms with Gasteiger partial charge in [-0.15, -0.1) is 0 Å². The topological polar surface area (TPSA) is 81.2 Å². The lowest BCUT2D eigenvalue weighted by molar-refractivity contribution is 0.285. The molecule has 0 aromatic rings. The van der Waals surface area contributed by atoms with Gasteiger partial charge in [0.25, 0.3) is 0 Å². The summed E-state index contributed by atoms with van der Waals surface area (Å²) in [5, 5.41) is 8.44. The average molecular weight is 160 g/mol. The van der Waals surface area contributed by atoms with Gasteiger partial charge in [0.15, 0.2) is 0 Å². The molecule has 0 heterocycles. The first-order chi connectivity index (χ1) is 4.81. The highest BCUT2D eigenvalue weighted by Gasteiger charge is 1.85. The first kappa shape index (κ1) is 13.1. The van der Waals surface area contributed by atoms with Crippen LogP contribution in [0.3, 0.4) is 0 Å². The second-order valence-corrected chi connectivity index (χ2v) is 2.35. The molecule has 0 bridgehead atoms. The van der Waals surface area contributed by atoms with Crippen LogP contribution in [0.1, 0.15) is 32.6 Å². The monoisotopic (exact) mass is 160 g/mol. The van der Waals surface area contributed by atoms with Crippen LogP contribution in [0, 0.1) is 0 Å². The van der Waals surface area contributed by atoms with Gasteiger partial charge in [0, 0.05) is 12.3 Å². The molecular weight excluding hydrogens is 140 g/mol. The molecular formula is C8H20N2O. The number of rotatable bonds is 5. The Morgan fingerprint density at radius 2 is 2.09 bits per heavy atom. The zero-order chi connectivity index (χ0) is 7.82. The molecule has 3 heteroatoms. The second-order valence-electron chi connectivity index (χ2n) is 2.35. The fraction of sp³-hybridized carbons (Fsp3) is 0.750. The maximum Gasteiger partial charge on any atom is 0.0431 e. The van der Waals surface area contributed by atoms with E-state index in [1.165, 1.54) is 0 Å². The fourth-order valence-corrected chi connectivity index (χ4v) is 0.688. The molecule has 0 saturated carbocycles.